The van der Waals surface area contributed by atoms with Gasteiger partial charge in [0.2, 0.25) is 0 Å². The maximum atomic E-state index is 9.75. The van der Waals surface area contributed by atoms with Crippen molar-refractivity contribution < 1.29 is 14.9 Å². The maximum absolute atomic E-state index is 9.75. The Balaban J connectivity index is 2.09. The van der Waals surface area contributed by atoms with Crippen LogP contribution < -0.4 is 5.73 Å². The first-order chi connectivity index (χ1) is 9.05. The molecular formula is C11H13N5O3. The van der Waals surface area contributed by atoms with Crippen LogP contribution in [0, 0.1) is 0 Å². The number of fused-ring (bicyclic) bond motifs is 1. The van der Waals surface area contributed by atoms with Gasteiger partial charge in [0.15, 0.2) is 22.9 Å². The molecule has 0 aliphatic carbocycles. The lowest BCUT2D eigenvalue weighted by Gasteiger charge is -2.26. The van der Waals surface area contributed by atoms with Gasteiger partial charge in [-0.15, -0.1) is 0 Å². The minimum atomic E-state index is -0.891. The topological polar surface area (TPSA) is 119 Å². The SMILES string of the molecule is CC1(n2cnc3c(N)ncnc32)CC(O)=C(CO)O1. The summed E-state index contributed by atoms with van der Waals surface area (Å²) in [7, 11) is 0. The highest BCUT2D eigenvalue weighted by Crippen LogP contribution is 2.37. The highest BCUT2D eigenvalue weighted by molar-refractivity contribution is 5.81. The van der Waals surface area contributed by atoms with Gasteiger partial charge in [0, 0.05) is 0 Å². The molecule has 1 atom stereocenters. The van der Waals surface area contributed by atoms with Crippen LogP contribution in [0.5, 0.6) is 0 Å². The van der Waals surface area contributed by atoms with E-state index in [0.29, 0.717) is 11.2 Å². The number of ether oxygens (including phenoxy) is 1. The van der Waals surface area contributed by atoms with Crippen molar-refractivity contribution in [2.45, 2.75) is 19.1 Å². The average molecular weight is 263 g/mol. The van der Waals surface area contributed by atoms with Crippen molar-refractivity contribution in [1.29, 1.82) is 0 Å². The Morgan fingerprint density at radius 1 is 1.47 bits per heavy atom. The van der Waals surface area contributed by atoms with Gasteiger partial charge in [-0.1, -0.05) is 0 Å². The van der Waals surface area contributed by atoms with Gasteiger partial charge in [-0.3, -0.25) is 4.57 Å². The lowest BCUT2D eigenvalue weighted by Crippen LogP contribution is -2.29. The van der Waals surface area contributed by atoms with E-state index >= 15 is 0 Å². The van der Waals surface area contributed by atoms with Crippen LogP contribution >= 0.6 is 0 Å². The van der Waals surface area contributed by atoms with Crippen LogP contribution in [0.15, 0.2) is 24.2 Å². The number of aliphatic hydroxyl groups excluding tert-OH is 2. The van der Waals surface area contributed by atoms with Gasteiger partial charge in [0.25, 0.3) is 0 Å². The Morgan fingerprint density at radius 2 is 2.26 bits per heavy atom. The summed E-state index contributed by atoms with van der Waals surface area (Å²) in [5, 5.41) is 18.9. The molecule has 0 amide bonds. The molecule has 1 aliphatic rings. The Morgan fingerprint density at radius 3 is 2.95 bits per heavy atom. The van der Waals surface area contributed by atoms with E-state index in [1.807, 2.05) is 0 Å². The Bertz CT molecular complexity index is 680. The smallest absolute Gasteiger partial charge is 0.193 e. The fraction of sp³-hybridized carbons (Fsp3) is 0.364. The summed E-state index contributed by atoms with van der Waals surface area (Å²) in [5.41, 5.74) is 5.83. The summed E-state index contributed by atoms with van der Waals surface area (Å²) in [6, 6.07) is 0. The Kier molecular flexibility index (Phi) is 2.36. The average Bonchev–Trinajstić information content (AvgIpc) is 2.92. The van der Waals surface area contributed by atoms with Crippen molar-refractivity contribution in [3.63, 3.8) is 0 Å². The van der Waals surface area contributed by atoms with Gasteiger partial charge in [0.05, 0.1) is 6.42 Å². The number of anilines is 1. The second kappa shape index (κ2) is 3.82. The van der Waals surface area contributed by atoms with E-state index in [4.69, 9.17) is 15.6 Å². The third-order valence-corrected chi connectivity index (χ3v) is 3.18. The quantitative estimate of drug-likeness (QED) is 0.711. The Hall–Kier alpha value is -2.35. The number of aromatic nitrogens is 4. The van der Waals surface area contributed by atoms with Gasteiger partial charge in [-0.25, -0.2) is 15.0 Å². The number of aliphatic hydroxyl groups is 2. The van der Waals surface area contributed by atoms with Crippen molar-refractivity contribution in [2.24, 2.45) is 0 Å². The number of nitrogens with zero attached hydrogens (tertiary/aromatic N) is 4. The molecule has 0 bridgehead atoms. The van der Waals surface area contributed by atoms with Crippen molar-refractivity contribution in [1.82, 2.24) is 19.5 Å². The molecule has 2 aromatic rings. The molecule has 3 rings (SSSR count). The van der Waals surface area contributed by atoms with E-state index in [1.165, 1.54) is 12.7 Å². The molecule has 0 aromatic carbocycles. The molecule has 0 spiro atoms. The molecule has 0 saturated heterocycles. The van der Waals surface area contributed by atoms with E-state index < -0.39 is 5.72 Å². The standard InChI is InChI=1S/C11H13N5O3/c1-11(2-6(18)7(3-17)19-11)16-5-15-8-9(12)13-4-14-10(8)16/h4-5,17-18H,2-3H2,1H3,(H2,12,13,14). The largest absolute Gasteiger partial charge is 0.508 e. The van der Waals surface area contributed by atoms with Gasteiger partial charge in [0.1, 0.15) is 30.5 Å². The molecule has 2 aromatic heterocycles. The van der Waals surface area contributed by atoms with E-state index in [-0.39, 0.29) is 30.4 Å². The molecule has 1 unspecified atom stereocenters. The second-order valence-corrected chi connectivity index (χ2v) is 4.53. The summed E-state index contributed by atoms with van der Waals surface area (Å²) in [5.74, 6) is 0.463. The minimum Gasteiger partial charge on any atom is -0.508 e. The molecule has 0 radical (unpaired) electrons. The predicted molar refractivity (Wildman–Crippen MR) is 65.8 cm³/mol. The van der Waals surface area contributed by atoms with Crippen molar-refractivity contribution >= 4 is 17.0 Å². The summed E-state index contributed by atoms with van der Waals surface area (Å²) >= 11 is 0. The maximum Gasteiger partial charge on any atom is 0.193 e. The second-order valence-electron chi connectivity index (χ2n) is 4.53. The first-order valence-corrected chi connectivity index (χ1v) is 5.70. The van der Waals surface area contributed by atoms with Crippen LogP contribution in [0.1, 0.15) is 13.3 Å². The zero-order valence-corrected chi connectivity index (χ0v) is 10.2. The number of hydrogen-bond acceptors (Lipinski definition) is 7. The number of nitrogens with two attached hydrogens (primary N) is 1. The van der Waals surface area contributed by atoms with Crippen molar-refractivity contribution in [3.8, 4) is 0 Å². The number of imidazole rings is 1. The van der Waals surface area contributed by atoms with E-state index in [1.54, 1.807) is 11.5 Å². The molecule has 3 heterocycles. The first-order valence-electron chi connectivity index (χ1n) is 5.70. The van der Waals surface area contributed by atoms with Crippen LogP contribution in [0.25, 0.3) is 11.2 Å². The molecule has 0 fully saturated rings. The molecule has 19 heavy (non-hydrogen) atoms. The lowest BCUT2D eigenvalue weighted by atomic mass is 10.1. The molecule has 8 heteroatoms. The van der Waals surface area contributed by atoms with Crippen LogP contribution in [-0.2, 0) is 10.5 Å². The normalized spacial score (nSPS) is 23.1. The Labute approximate surface area is 108 Å². The first kappa shape index (κ1) is 11.7. The molecule has 100 valence electrons. The van der Waals surface area contributed by atoms with Crippen LogP contribution in [0.4, 0.5) is 5.82 Å². The third-order valence-electron chi connectivity index (χ3n) is 3.18. The zero-order valence-electron chi connectivity index (χ0n) is 10.2. The predicted octanol–water partition coefficient (Wildman–Crippen LogP) is 0.263. The summed E-state index contributed by atoms with van der Waals surface area (Å²) in [4.78, 5) is 12.2. The van der Waals surface area contributed by atoms with Crippen molar-refractivity contribution in [3.05, 3.63) is 24.2 Å². The van der Waals surface area contributed by atoms with Gasteiger partial charge in [-0.2, -0.15) is 0 Å². The van der Waals surface area contributed by atoms with E-state index in [2.05, 4.69) is 15.0 Å². The lowest BCUT2D eigenvalue weighted by molar-refractivity contribution is -0.0349. The number of nitrogen functional groups attached to an aromatic ring is 1. The minimum absolute atomic E-state index is 0.0221. The van der Waals surface area contributed by atoms with Crippen molar-refractivity contribution in [2.75, 3.05) is 12.3 Å². The number of rotatable bonds is 2. The van der Waals surface area contributed by atoms with Crippen LogP contribution in [-0.4, -0.2) is 36.3 Å². The summed E-state index contributed by atoms with van der Waals surface area (Å²) < 4.78 is 7.27. The number of hydrogen-bond donors (Lipinski definition) is 3. The molecule has 4 N–H and O–H groups in total. The van der Waals surface area contributed by atoms with Gasteiger partial charge < -0.3 is 20.7 Å². The molecule has 0 saturated carbocycles. The summed E-state index contributed by atoms with van der Waals surface area (Å²) in [6.45, 7) is 1.41. The fourth-order valence-corrected chi connectivity index (χ4v) is 2.23. The van der Waals surface area contributed by atoms with Gasteiger partial charge in [-0.05, 0) is 6.92 Å². The highest BCUT2D eigenvalue weighted by atomic mass is 16.5. The fourth-order valence-electron chi connectivity index (χ4n) is 2.23. The molecule has 8 nitrogen and oxygen atoms in total. The van der Waals surface area contributed by atoms with Crippen LogP contribution in [0.2, 0.25) is 0 Å². The summed E-state index contributed by atoms with van der Waals surface area (Å²) in [6.07, 6.45) is 3.09. The monoisotopic (exact) mass is 263 g/mol. The molecular weight excluding hydrogens is 250 g/mol. The zero-order chi connectivity index (χ0) is 13.6. The highest BCUT2D eigenvalue weighted by Gasteiger charge is 2.39. The molecule has 1 aliphatic heterocycles. The van der Waals surface area contributed by atoms with Gasteiger partial charge >= 0.3 is 0 Å². The van der Waals surface area contributed by atoms with E-state index in [9.17, 15) is 5.11 Å². The third kappa shape index (κ3) is 1.60. The van der Waals surface area contributed by atoms with E-state index in [0.717, 1.165) is 0 Å². The van der Waals surface area contributed by atoms with Crippen LogP contribution in [0.3, 0.4) is 0 Å².